The van der Waals surface area contributed by atoms with Gasteiger partial charge in [-0.2, -0.15) is 0 Å². The molecule has 4 nitrogen and oxygen atoms in total. The SMILES string of the molecule is OCCC1CCCCN1c1ncnc2ccccc12. The Kier molecular flexibility index (Phi) is 3.60. The van der Waals surface area contributed by atoms with E-state index in [9.17, 15) is 5.11 Å². The van der Waals surface area contributed by atoms with Gasteiger partial charge in [0.15, 0.2) is 0 Å². The topological polar surface area (TPSA) is 49.2 Å². The van der Waals surface area contributed by atoms with Crippen molar-refractivity contribution >= 4 is 16.7 Å². The van der Waals surface area contributed by atoms with Crippen LogP contribution in [-0.2, 0) is 0 Å². The second-order valence-electron chi connectivity index (χ2n) is 5.07. The van der Waals surface area contributed by atoms with Gasteiger partial charge >= 0.3 is 0 Å². The maximum Gasteiger partial charge on any atom is 0.140 e. The number of benzene rings is 1. The van der Waals surface area contributed by atoms with Gasteiger partial charge in [-0.1, -0.05) is 12.1 Å². The molecule has 1 unspecified atom stereocenters. The maximum absolute atomic E-state index is 9.24. The fraction of sp³-hybridized carbons (Fsp3) is 0.467. The molecule has 2 aromatic rings. The number of rotatable bonds is 3. The van der Waals surface area contributed by atoms with E-state index in [1.807, 2.05) is 18.2 Å². The zero-order valence-electron chi connectivity index (χ0n) is 11.0. The number of fused-ring (bicyclic) bond motifs is 1. The van der Waals surface area contributed by atoms with Gasteiger partial charge in [0.1, 0.15) is 12.1 Å². The van der Waals surface area contributed by atoms with Crippen molar-refractivity contribution in [1.29, 1.82) is 0 Å². The van der Waals surface area contributed by atoms with Crippen molar-refractivity contribution in [1.82, 2.24) is 9.97 Å². The van der Waals surface area contributed by atoms with Crippen molar-refractivity contribution in [3.8, 4) is 0 Å². The molecular formula is C15H19N3O. The number of aliphatic hydroxyl groups is 1. The largest absolute Gasteiger partial charge is 0.396 e. The minimum Gasteiger partial charge on any atom is -0.396 e. The molecule has 1 aromatic carbocycles. The minimum atomic E-state index is 0.240. The van der Waals surface area contributed by atoms with Gasteiger partial charge in [-0.05, 0) is 37.8 Å². The second kappa shape index (κ2) is 5.53. The van der Waals surface area contributed by atoms with Crippen molar-refractivity contribution < 1.29 is 5.11 Å². The highest BCUT2D eigenvalue weighted by molar-refractivity contribution is 5.89. The Morgan fingerprint density at radius 3 is 3.00 bits per heavy atom. The first-order valence-electron chi connectivity index (χ1n) is 6.97. The summed E-state index contributed by atoms with van der Waals surface area (Å²) in [6.45, 7) is 1.26. The summed E-state index contributed by atoms with van der Waals surface area (Å²) in [5.74, 6) is 1.02. The van der Waals surface area contributed by atoms with Crippen LogP contribution < -0.4 is 4.90 Å². The fourth-order valence-electron chi connectivity index (χ4n) is 2.95. The summed E-state index contributed by atoms with van der Waals surface area (Å²) in [7, 11) is 0. The van der Waals surface area contributed by atoms with E-state index in [4.69, 9.17) is 0 Å². The Balaban J connectivity index is 2.02. The van der Waals surface area contributed by atoms with Crippen molar-refractivity contribution in [2.24, 2.45) is 0 Å². The van der Waals surface area contributed by atoms with E-state index in [1.54, 1.807) is 6.33 Å². The van der Waals surface area contributed by atoms with Gasteiger partial charge in [-0.3, -0.25) is 0 Å². The fourth-order valence-corrected chi connectivity index (χ4v) is 2.95. The van der Waals surface area contributed by atoms with Gasteiger partial charge in [0.05, 0.1) is 5.52 Å². The Labute approximate surface area is 113 Å². The lowest BCUT2D eigenvalue weighted by Gasteiger charge is -2.37. The zero-order chi connectivity index (χ0) is 13.1. The van der Waals surface area contributed by atoms with Crippen molar-refractivity contribution in [2.75, 3.05) is 18.1 Å². The van der Waals surface area contributed by atoms with Crippen LogP contribution in [-0.4, -0.2) is 34.3 Å². The quantitative estimate of drug-likeness (QED) is 0.917. The molecule has 2 heterocycles. The lowest BCUT2D eigenvalue weighted by atomic mass is 9.99. The molecule has 0 saturated carbocycles. The maximum atomic E-state index is 9.24. The summed E-state index contributed by atoms with van der Waals surface area (Å²) in [5.41, 5.74) is 0.987. The van der Waals surface area contributed by atoms with E-state index in [-0.39, 0.29) is 6.61 Å². The smallest absolute Gasteiger partial charge is 0.140 e. The van der Waals surface area contributed by atoms with Crippen molar-refractivity contribution in [3.63, 3.8) is 0 Å². The van der Waals surface area contributed by atoms with Gasteiger partial charge in [-0.25, -0.2) is 9.97 Å². The number of para-hydroxylation sites is 1. The Morgan fingerprint density at radius 1 is 1.21 bits per heavy atom. The summed E-state index contributed by atoms with van der Waals surface area (Å²) >= 11 is 0. The lowest BCUT2D eigenvalue weighted by Crippen LogP contribution is -2.40. The summed E-state index contributed by atoms with van der Waals surface area (Å²) in [4.78, 5) is 11.2. The molecule has 1 saturated heterocycles. The van der Waals surface area contributed by atoms with Gasteiger partial charge in [0.2, 0.25) is 0 Å². The van der Waals surface area contributed by atoms with Crippen LogP contribution in [0.2, 0.25) is 0 Å². The zero-order valence-corrected chi connectivity index (χ0v) is 11.0. The van der Waals surface area contributed by atoms with Crippen LogP contribution in [0.25, 0.3) is 10.9 Å². The van der Waals surface area contributed by atoms with E-state index < -0.39 is 0 Å². The first-order valence-corrected chi connectivity index (χ1v) is 6.97. The Bertz CT molecular complexity index is 551. The third-order valence-electron chi connectivity index (χ3n) is 3.88. The van der Waals surface area contributed by atoms with Crippen molar-refractivity contribution in [2.45, 2.75) is 31.7 Å². The lowest BCUT2D eigenvalue weighted by molar-refractivity contribution is 0.262. The molecule has 0 radical (unpaired) electrons. The molecular weight excluding hydrogens is 238 g/mol. The highest BCUT2D eigenvalue weighted by atomic mass is 16.3. The highest BCUT2D eigenvalue weighted by Gasteiger charge is 2.24. The number of aliphatic hydroxyl groups excluding tert-OH is 1. The molecule has 3 rings (SSSR count). The molecule has 1 aliphatic rings. The number of anilines is 1. The van der Waals surface area contributed by atoms with Crippen LogP contribution >= 0.6 is 0 Å². The van der Waals surface area contributed by atoms with Crippen molar-refractivity contribution in [3.05, 3.63) is 30.6 Å². The average molecular weight is 257 g/mol. The average Bonchev–Trinajstić information content (AvgIpc) is 2.48. The molecule has 1 aliphatic heterocycles. The normalized spacial score (nSPS) is 19.8. The molecule has 1 N–H and O–H groups in total. The molecule has 1 atom stereocenters. The number of nitrogens with zero attached hydrogens (tertiary/aromatic N) is 3. The summed E-state index contributed by atoms with van der Waals surface area (Å²) in [5, 5.41) is 10.3. The van der Waals surface area contributed by atoms with Crippen LogP contribution in [0.3, 0.4) is 0 Å². The Morgan fingerprint density at radius 2 is 2.11 bits per heavy atom. The molecule has 0 amide bonds. The molecule has 100 valence electrons. The first kappa shape index (κ1) is 12.4. The summed E-state index contributed by atoms with van der Waals surface area (Å²) < 4.78 is 0. The van der Waals surface area contributed by atoms with Gasteiger partial charge < -0.3 is 10.0 Å². The number of piperidine rings is 1. The van der Waals surface area contributed by atoms with E-state index in [0.29, 0.717) is 6.04 Å². The van der Waals surface area contributed by atoms with Crippen LogP contribution in [0.15, 0.2) is 30.6 Å². The molecule has 4 heteroatoms. The van der Waals surface area contributed by atoms with Gasteiger partial charge in [0, 0.05) is 24.6 Å². The van der Waals surface area contributed by atoms with Gasteiger partial charge in [-0.15, -0.1) is 0 Å². The van der Waals surface area contributed by atoms with E-state index in [2.05, 4.69) is 20.9 Å². The predicted molar refractivity (Wildman–Crippen MR) is 76.2 cm³/mol. The number of aromatic nitrogens is 2. The summed E-state index contributed by atoms with van der Waals surface area (Å²) in [6.07, 6.45) is 6.03. The van der Waals surface area contributed by atoms with Crippen LogP contribution in [0.1, 0.15) is 25.7 Å². The minimum absolute atomic E-state index is 0.240. The second-order valence-corrected chi connectivity index (χ2v) is 5.07. The predicted octanol–water partition coefficient (Wildman–Crippen LogP) is 2.37. The number of hydrogen-bond acceptors (Lipinski definition) is 4. The van der Waals surface area contributed by atoms with Crippen LogP contribution in [0, 0.1) is 0 Å². The standard InChI is InChI=1S/C15H19N3O/c19-10-8-12-5-3-4-9-18(12)15-13-6-1-2-7-14(13)16-11-17-15/h1-2,6-7,11-12,19H,3-5,8-10H2. The van der Waals surface area contributed by atoms with E-state index in [0.717, 1.165) is 36.1 Å². The third kappa shape index (κ3) is 2.40. The molecule has 0 bridgehead atoms. The first-order chi connectivity index (χ1) is 9.40. The van der Waals surface area contributed by atoms with Gasteiger partial charge in [0.25, 0.3) is 0 Å². The number of hydrogen-bond donors (Lipinski definition) is 1. The molecule has 1 aromatic heterocycles. The van der Waals surface area contributed by atoms with E-state index in [1.165, 1.54) is 12.8 Å². The molecule has 19 heavy (non-hydrogen) atoms. The Hall–Kier alpha value is -1.68. The third-order valence-corrected chi connectivity index (χ3v) is 3.88. The van der Waals surface area contributed by atoms with Crippen LogP contribution in [0.4, 0.5) is 5.82 Å². The molecule has 0 aliphatic carbocycles. The molecule has 1 fully saturated rings. The summed E-state index contributed by atoms with van der Waals surface area (Å²) in [6, 6.07) is 8.53. The monoisotopic (exact) mass is 257 g/mol. The molecule has 0 spiro atoms. The van der Waals surface area contributed by atoms with Crippen LogP contribution in [0.5, 0.6) is 0 Å². The van der Waals surface area contributed by atoms with E-state index >= 15 is 0 Å². The highest BCUT2D eigenvalue weighted by Crippen LogP contribution is 2.29.